The van der Waals surface area contributed by atoms with E-state index >= 15 is 0 Å². The minimum absolute atomic E-state index is 0.221. The van der Waals surface area contributed by atoms with E-state index in [0.29, 0.717) is 30.0 Å². The van der Waals surface area contributed by atoms with Crippen LogP contribution in [-0.2, 0) is 9.16 Å². The number of hydrogen-bond acceptors (Lipinski definition) is 4. The second-order valence-corrected chi connectivity index (χ2v) is 15.6. The number of H-pyrrole nitrogens is 1. The van der Waals surface area contributed by atoms with Gasteiger partial charge in [0, 0.05) is 22.1 Å². The molecule has 5 nitrogen and oxygen atoms in total. The number of ether oxygens (including phenoxy) is 1. The van der Waals surface area contributed by atoms with Gasteiger partial charge in [-0.15, -0.1) is 0 Å². The monoisotopic (exact) mass is 506 g/mol. The Hall–Kier alpha value is -1.44. The molecule has 0 amide bonds. The summed E-state index contributed by atoms with van der Waals surface area (Å²) in [6, 6.07) is 7.86. The lowest BCUT2D eigenvalue weighted by molar-refractivity contribution is 0.0520. The summed E-state index contributed by atoms with van der Waals surface area (Å²) in [5.74, 6) is 0.831. The first-order chi connectivity index (χ1) is 14.5. The molecule has 0 atom stereocenters. The molecule has 1 heterocycles. The predicted molar refractivity (Wildman–Crippen MR) is 131 cm³/mol. The minimum Gasteiger partial charge on any atom is -0.461 e. The Bertz CT molecular complexity index is 895. The van der Waals surface area contributed by atoms with Crippen molar-refractivity contribution in [2.24, 2.45) is 0 Å². The first-order valence-electron chi connectivity index (χ1n) is 11.2. The highest BCUT2D eigenvalue weighted by atomic mass is 79.9. The second kappa shape index (κ2) is 9.59. The molecule has 0 unspecified atom stereocenters. The third kappa shape index (κ3) is 5.68. The van der Waals surface area contributed by atoms with Crippen LogP contribution in [0.1, 0.15) is 75.6 Å². The Kier molecular flexibility index (Phi) is 7.49. The number of aromatic amines is 1. The molecule has 1 aromatic heterocycles. The molecule has 31 heavy (non-hydrogen) atoms. The number of hydrogen-bond donors (Lipinski definition) is 1. The SMILES string of the molecule is CCOC(=O)c1[nH]c(C2CCC(O[Si](C)(C)C(C)(C)C)CC2)nc1-c1ccc(Br)cc1. The molecular formula is C24H35BrN2O3Si. The van der Waals surface area contributed by atoms with Crippen molar-refractivity contribution in [3.8, 4) is 11.3 Å². The molecule has 170 valence electrons. The van der Waals surface area contributed by atoms with Gasteiger partial charge in [0.15, 0.2) is 14.0 Å². The zero-order valence-electron chi connectivity index (χ0n) is 19.5. The average molecular weight is 508 g/mol. The molecule has 1 saturated carbocycles. The van der Waals surface area contributed by atoms with E-state index < -0.39 is 8.32 Å². The van der Waals surface area contributed by atoms with Crippen LogP contribution in [0.2, 0.25) is 18.1 Å². The Morgan fingerprint density at radius 1 is 1.16 bits per heavy atom. The first-order valence-corrected chi connectivity index (χ1v) is 14.9. The van der Waals surface area contributed by atoms with Crippen LogP contribution in [0.3, 0.4) is 0 Å². The lowest BCUT2D eigenvalue weighted by Crippen LogP contribution is -2.44. The van der Waals surface area contributed by atoms with Gasteiger partial charge < -0.3 is 14.1 Å². The molecule has 1 aromatic carbocycles. The zero-order valence-corrected chi connectivity index (χ0v) is 22.1. The summed E-state index contributed by atoms with van der Waals surface area (Å²) in [4.78, 5) is 20.8. The quantitative estimate of drug-likeness (QED) is 0.336. The fraction of sp³-hybridized carbons (Fsp3) is 0.583. The fourth-order valence-electron chi connectivity index (χ4n) is 3.80. The number of halogens is 1. The highest BCUT2D eigenvalue weighted by Crippen LogP contribution is 2.41. The van der Waals surface area contributed by atoms with Gasteiger partial charge in [-0.25, -0.2) is 9.78 Å². The van der Waals surface area contributed by atoms with Crippen molar-refractivity contribution in [1.82, 2.24) is 9.97 Å². The summed E-state index contributed by atoms with van der Waals surface area (Å²) in [6.45, 7) is 13.7. The molecule has 1 N–H and O–H groups in total. The third-order valence-electron chi connectivity index (χ3n) is 6.65. The third-order valence-corrected chi connectivity index (χ3v) is 11.7. The van der Waals surface area contributed by atoms with Crippen LogP contribution in [0.15, 0.2) is 28.7 Å². The molecule has 0 bridgehead atoms. The summed E-state index contributed by atoms with van der Waals surface area (Å²) < 4.78 is 12.9. The van der Waals surface area contributed by atoms with Crippen molar-refractivity contribution in [2.45, 2.75) is 83.5 Å². The van der Waals surface area contributed by atoms with E-state index in [1.807, 2.05) is 31.2 Å². The molecule has 0 saturated heterocycles. The first kappa shape index (κ1) is 24.2. The summed E-state index contributed by atoms with van der Waals surface area (Å²) in [6.07, 6.45) is 4.40. The van der Waals surface area contributed by atoms with Crippen molar-refractivity contribution >= 4 is 30.2 Å². The van der Waals surface area contributed by atoms with Crippen LogP contribution >= 0.6 is 15.9 Å². The minimum atomic E-state index is -1.76. The standard InChI is InChI=1S/C24H35BrN2O3Si/c1-7-29-23(28)21-20(16-8-12-18(25)13-9-16)26-22(27-21)17-10-14-19(15-11-17)30-31(5,6)24(2,3)4/h8-9,12-13,17,19H,7,10-11,14-15H2,1-6H3,(H,26,27). The number of carbonyl (C=O) groups is 1. The van der Waals surface area contributed by atoms with Crippen molar-refractivity contribution < 1.29 is 14.0 Å². The van der Waals surface area contributed by atoms with Crippen molar-refractivity contribution in [1.29, 1.82) is 0 Å². The molecule has 2 aromatic rings. The maximum Gasteiger partial charge on any atom is 0.357 e. The number of benzene rings is 1. The Morgan fingerprint density at radius 2 is 1.77 bits per heavy atom. The summed E-state index contributed by atoms with van der Waals surface area (Å²) in [5.41, 5.74) is 2.02. The number of imidazole rings is 1. The maximum atomic E-state index is 12.6. The van der Waals surface area contributed by atoms with Gasteiger partial charge in [0.1, 0.15) is 11.5 Å². The molecule has 0 spiro atoms. The van der Waals surface area contributed by atoms with Crippen LogP contribution in [0.25, 0.3) is 11.3 Å². The largest absolute Gasteiger partial charge is 0.461 e. The van der Waals surface area contributed by atoms with E-state index in [1.165, 1.54) is 0 Å². The number of rotatable bonds is 6. The van der Waals surface area contributed by atoms with E-state index in [-0.39, 0.29) is 11.0 Å². The molecule has 1 aliphatic rings. The smallest absolute Gasteiger partial charge is 0.357 e. The van der Waals surface area contributed by atoms with E-state index in [0.717, 1.165) is 41.5 Å². The highest BCUT2D eigenvalue weighted by molar-refractivity contribution is 9.10. The van der Waals surface area contributed by atoms with E-state index in [2.05, 4.69) is 54.8 Å². The van der Waals surface area contributed by atoms with Gasteiger partial charge in [-0.05, 0) is 62.9 Å². The van der Waals surface area contributed by atoms with Crippen molar-refractivity contribution in [3.63, 3.8) is 0 Å². The molecule has 7 heteroatoms. The molecule has 1 aliphatic carbocycles. The molecule has 0 aliphatic heterocycles. The van der Waals surface area contributed by atoms with E-state index in [9.17, 15) is 4.79 Å². The van der Waals surface area contributed by atoms with Crippen LogP contribution in [0, 0.1) is 0 Å². The zero-order chi connectivity index (χ0) is 22.8. The normalized spacial score (nSPS) is 20.0. The topological polar surface area (TPSA) is 64.2 Å². The number of carbonyl (C=O) groups excluding carboxylic acids is 1. The van der Waals surface area contributed by atoms with Crippen molar-refractivity contribution in [2.75, 3.05) is 6.61 Å². The molecular weight excluding hydrogens is 472 g/mol. The number of esters is 1. The Balaban J connectivity index is 1.77. The Morgan fingerprint density at radius 3 is 2.32 bits per heavy atom. The molecule has 1 fully saturated rings. The lowest BCUT2D eigenvalue weighted by Gasteiger charge is -2.41. The Labute approximate surface area is 195 Å². The van der Waals surface area contributed by atoms with Gasteiger partial charge in [-0.3, -0.25) is 0 Å². The van der Waals surface area contributed by atoms with E-state index in [4.69, 9.17) is 14.1 Å². The van der Waals surface area contributed by atoms with Gasteiger partial charge >= 0.3 is 5.97 Å². The van der Waals surface area contributed by atoms with Crippen molar-refractivity contribution in [3.05, 3.63) is 40.3 Å². The molecule has 3 rings (SSSR count). The summed E-state index contributed by atoms with van der Waals surface area (Å²) in [7, 11) is -1.76. The second-order valence-electron chi connectivity index (χ2n) is 9.92. The number of nitrogens with zero attached hydrogens (tertiary/aromatic N) is 1. The van der Waals surface area contributed by atoms with Gasteiger partial charge in [0.25, 0.3) is 0 Å². The van der Waals surface area contributed by atoms with E-state index in [1.54, 1.807) is 0 Å². The van der Waals surface area contributed by atoms with Gasteiger partial charge in [0.05, 0.1) is 6.61 Å². The fourth-order valence-corrected chi connectivity index (χ4v) is 5.49. The van der Waals surface area contributed by atoms with Gasteiger partial charge in [0.2, 0.25) is 0 Å². The summed E-state index contributed by atoms with van der Waals surface area (Å²) in [5, 5.41) is 0.221. The predicted octanol–water partition coefficient (Wildman–Crippen LogP) is 7.06. The van der Waals surface area contributed by atoms with Crippen LogP contribution in [0.4, 0.5) is 0 Å². The summed E-state index contributed by atoms with van der Waals surface area (Å²) >= 11 is 3.47. The van der Waals surface area contributed by atoms with Crippen LogP contribution in [-0.4, -0.2) is 37.0 Å². The lowest BCUT2D eigenvalue weighted by atomic mass is 9.87. The average Bonchev–Trinajstić information content (AvgIpc) is 3.14. The maximum absolute atomic E-state index is 12.6. The number of nitrogens with one attached hydrogen (secondary N) is 1. The number of aromatic nitrogens is 2. The highest BCUT2D eigenvalue weighted by Gasteiger charge is 2.40. The molecule has 0 radical (unpaired) electrons. The van der Waals surface area contributed by atoms with Gasteiger partial charge in [-0.1, -0.05) is 48.8 Å². The van der Waals surface area contributed by atoms with Crippen LogP contribution < -0.4 is 0 Å². The van der Waals surface area contributed by atoms with Gasteiger partial charge in [-0.2, -0.15) is 0 Å². The van der Waals surface area contributed by atoms with Crippen LogP contribution in [0.5, 0.6) is 0 Å².